The first-order chi connectivity index (χ1) is 7.43. The van der Waals surface area contributed by atoms with E-state index in [-0.39, 0.29) is 0 Å². The molecule has 0 spiro atoms. The third-order valence-corrected chi connectivity index (χ3v) is 2.66. The van der Waals surface area contributed by atoms with Gasteiger partial charge in [0.1, 0.15) is 0 Å². The van der Waals surface area contributed by atoms with Crippen molar-refractivity contribution in [2.45, 2.75) is 12.5 Å². The number of fused-ring (bicyclic) bond motifs is 1. The Bertz CT molecular complexity index is 461. The highest BCUT2D eigenvalue weighted by molar-refractivity contribution is 5.83. The predicted molar refractivity (Wildman–Crippen MR) is 56.7 cm³/mol. The molecule has 0 bridgehead atoms. The lowest BCUT2D eigenvalue weighted by Gasteiger charge is -2.12. The van der Waals surface area contributed by atoms with Gasteiger partial charge in [-0.25, -0.2) is 9.97 Å². The SMILES string of the molecule is c1cc(NC2CCNC2)c2ncoc2n1. The monoisotopic (exact) mass is 204 g/mol. The Balaban J connectivity index is 1.92. The number of pyridine rings is 1. The molecule has 5 heteroatoms. The average Bonchev–Trinajstić information content (AvgIpc) is 2.87. The van der Waals surface area contributed by atoms with Crippen LogP contribution in [0.25, 0.3) is 11.2 Å². The van der Waals surface area contributed by atoms with Crippen LogP contribution >= 0.6 is 0 Å². The fraction of sp³-hybridized carbons (Fsp3) is 0.400. The summed E-state index contributed by atoms with van der Waals surface area (Å²) in [6.45, 7) is 2.08. The molecule has 1 fully saturated rings. The molecule has 5 nitrogen and oxygen atoms in total. The summed E-state index contributed by atoms with van der Waals surface area (Å²) in [6.07, 6.45) is 4.30. The summed E-state index contributed by atoms with van der Waals surface area (Å²) in [7, 11) is 0. The topological polar surface area (TPSA) is 63.0 Å². The van der Waals surface area contributed by atoms with Crippen molar-refractivity contribution in [1.29, 1.82) is 0 Å². The van der Waals surface area contributed by atoms with Crippen LogP contribution in [0.5, 0.6) is 0 Å². The van der Waals surface area contributed by atoms with E-state index in [2.05, 4.69) is 20.6 Å². The zero-order valence-corrected chi connectivity index (χ0v) is 8.23. The Labute approximate surface area is 86.9 Å². The molecule has 0 aliphatic carbocycles. The maximum absolute atomic E-state index is 5.15. The van der Waals surface area contributed by atoms with Gasteiger partial charge in [0.2, 0.25) is 5.71 Å². The van der Waals surface area contributed by atoms with Gasteiger partial charge in [-0.3, -0.25) is 0 Å². The lowest BCUT2D eigenvalue weighted by atomic mass is 10.2. The molecule has 1 saturated heterocycles. The Morgan fingerprint density at radius 3 is 3.33 bits per heavy atom. The molecule has 3 heterocycles. The number of nitrogens with zero attached hydrogens (tertiary/aromatic N) is 2. The highest BCUT2D eigenvalue weighted by Gasteiger charge is 2.15. The maximum atomic E-state index is 5.15. The van der Waals surface area contributed by atoms with Crippen LogP contribution in [-0.2, 0) is 0 Å². The highest BCUT2D eigenvalue weighted by atomic mass is 16.3. The second-order valence-electron chi connectivity index (χ2n) is 3.70. The molecule has 1 atom stereocenters. The maximum Gasteiger partial charge on any atom is 0.248 e. The smallest absolute Gasteiger partial charge is 0.248 e. The van der Waals surface area contributed by atoms with E-state index in [1.54, 1.807) is 6.20 Å². The van der Waals surface area contributed by atoms with Crippen LogP contribution in [-0.4, -0.2) is 29.1 Å². The van der Waals surface area contributed by atoms with Gasteiger partial charge >= 0.3 is 0 Å². The van der Waals surface area contributed by atoms with Crippen molar-refractivity contribution >= 4 is 16.9 Å². The molecule has 2 aromatic heterocycles. The van der Waals surface area contributed by atoms with E-state index in [9.17, 15) is 0 Å². The first-order valence-electron chi connectivity index (χ1n) is 5.09. The molecule has 1 aliphatic rings. The summed E-state index contributed by atoms with van der Waals surface area (Å²) in [4.78, 5) is 8.24. The van der Waals surface area contributed by atoms with Crippen LogP contribution in [0.1, 0.15) is 6.42 Å². The lowest BCUT2D eigenvalue weighted by Crippen LogP contribution is -2.22. The number of anilines is 1. The second-order valence-corrected chi connectivity index (χ2v) is 3.70. The van der Waals surface area contributed by atoms with E-state index < -0.39 is 0 Å². The second kappa shape index (κ2) is 3.51. The molecule has 0 radical (unpaired) electrons. The van der Waals surface area contributed by atoms with E-state index in [0.717, 1.165) is 30.7 Å². The van der Waals surface area contributed by atoms with Crippen LogP contribution in [0.3, 0.4) is 0 Å². The van der Waals surface area contributed by atoms with E-state index in [1.807, 2.05) is 6.07 Å². The van der Waals surface area contributed by atoms with Crippen LogP contribution in [0, 0.1) is 0 Å². The first kappa shape index (κ1) is 8.67. The Hall–Kier alpha value is -1.62. The van der Waals surface area contributed by atoms with Crippen molar-refractivity contribution in [2.75, 3.05) is 18.4 Å². The van der Waals surface area contributed by atoms with E-state index >= 15 is 0 Å². The zero-order valence-electron chi connectivity index (χ0n) is 8.23. The van der Waals surface area contributed by atoms with Gasteiger partial charge in [0.25, 0.3) is 0 Å². The molecule has 15 heavy (non-hydrogen) atoms. The molecule has 78 valence electrons. The average molecular weight is 204 g/mol. The van der Waals surface area contributed by atoms with Crippen molar-refractivity contribution in [3.63, 3.8) is 0 Å². The number of rotatable bonds is 2. The lowest BCUT2D eigenvalue weighted by molar-refractivity contribution is 0.590. The standard InChI is InChI=1S/C10H12N4O/c1-3-11-5-7(1)14-8-2-4-12-10-9(8)13-6-15-10/h2,4,6-7,11H,1,3,5H2,(H,12,14). The van der Waals surface area contributed by atoms with Crippen molar-refractivity contribution in [3.05, 3.63) is 18.7 Å². The van der Waals surface area contributed by atoms with Gasteiger partial charge in [-0.1, -0.05) is 0 Å². The third-order valence-electron chi connectivity index (χ3n) is 2.66. The summed E-state index contributed by atoms with van der Waals surface area (Å²) >= 11 is 0. The quantitative estimate of drug-likeness (QED) is 0.764. The summed E-state index contributed by atoms with van der Waals surface area (Å²) < 4.78 is 5.15. The number of oxazole rings is 1. The van der Waals surface area contributed by atoms with Gasteiger partial charge < -0.3 is 15.1 Å². The van der Waals surface area contributed by atoms with Crippen LogP contribution < -0.4 is 10.6 Å². The predicted octanol–water partition coefficient (Wildman–Crippen LogP) is 0.997. The van der Waals surface area contributed by atoms with Gasteiger partial charge in [-0.05, 0) is 19.0 Å². The molecule has 0 amide bonds. The van der Waals surface area contributed by atoms with Crippen molar-refractivity contribution < 1.29 is 4.42 Å². The van der Waals surface area contributed by atoms with Crippen molar-refractivity contribution in [3.8, 4) is 0 Å². The third kappa shape index (κ3) is 1.55. The molecular formula is C10H12N4O. The van der Waals surface area contributed by atoms with E-state index in [1.165, 1.54) is 6.39 Å². The molecule has 1 unspecified atom stereocenters. The number of hydrogen-bond donors (Lipinski definition) is 2. The summed E-state index contributed by atoms with van der Waals surface area (Å²) in [6, 6.07) is 2.41. The molecular weight excluding hydrogens is 192 g/mol. The largest absolute Gasteiger partial charge is 0.425 e. The molecule has 3 rings (SSSR count). The summed E-state index contributed by atoms with van der Waals surface area (Å²) in [5, 5.41) is 6.76. The molecule has 1 aliphatic heterocycles. The minimum atomic E-state index is 0.479. The van der Waals surface area contributed by atoms with Crippen molar-refractivity contribution in [2.24, 2.45) is 0 Å². The number of aromatic nitrogens is 2. The van der Waals surface area contributed by atoms with Gasteiger partial charge in [0.05, 0.1) is 5.69 Å². The molecule has 0 saturated carbocycles. The fourth-order valence-corrected chi connectivity index (χ4v) is 1.89. The van der Waals surface area contributed by atoms with E-state index in [4.69, 9.17) is 4.42 Å². The first-order valence-corrected chi connectivity index (χ1v) is 5.09. The number of hydrogen-bond acceptors (Lipinski definition) is 5. The van der Waals surface area contributed by atoms with Crippen molar-refractivity contribution in [1.82, 2.24) is 15.3 Å². The van der Waals surface area contributed by atoms with Crippen LogP contribution in [0.4, 0.5) is 5.69 Å². The van der Waals surface area contributed by atoms with Gasteiger partial charge in [0, 0.05) is 18.8 Å². The number of nitrogens with one attached hydrogen (secondary N) is 2. The van der Waals surface area contributed by atoms with E-state index in [0.29, 0.717) is 11.8 Å². The van der Waals surface area contributed by atoms with Gasteiger partial charge in [-0.2, -0.15) is 0 Å². The normalized spacial score (nSPS) is 20.9. The van der Waals surface area contributed by atoms with Crippen LogP contribution in [0.2, 0.25) is 0 Å². The minimum absolute atomic E-state index is 0.479. The van der Waals surface area contributed by atoms with Gasteiger partial charge in [0.15, 0.2) is 11.9 Å². The molecule has 0 aromatic carbocycles. The molecule has 2 aromatic rings. The summed E-state index contributed by atoms with van der Waals surface area (Å²) in [5.41, 5.74) is 2.40. The molecule has 2 N–H and O–H groups in total. The Morgan fingerprint density at radius 2 is 2.47 bits per heavy atom. The summed E-state index contributed by atoms with van der Waals surface area (Å²) in [5.74, 6) is 0. The zero-order chi connectivity index (χ0) is 10.1. The van der Waals surface area contributed by atoms with Crippen LogP contribution in [0.15, 0.2) is 23.1 Å². The Morgan fingerprint density at radius 1 is 1.47 bits per heavy atom. The highest BCUT2D eigenvalue weighted by Crippen LogP contribution is 2.20. The fourth-order valence-electron chi connectivity index (χ4n) is 1.89. The van der Waals surface area contributed by atoms with Gasteiger partial charge in [-0.15, -0.1) is 0 Å². The minimum Gasteiger partial charge on any atom is -0.425 e. The Kier molecular flexibility index (Phi) is 2.03.